The second-order valence-corrected chi connectivity index (χ2v) is 3.40. The van der Waals surface area contributed by atoms with Crippen LogP contribution in [0.3, 0.4) is 0 Å². The van der Waals surface area contributed by atoms with Crippen molar-refractivity contribution in [1.82, 2.24) is 0 Å². The maximum atomic E-state index is 11.3. The molecule has 0 spiro atoms. The van der Waals surface area contributed by atoms with Crippen molar-refractivity contribution in [3.8, 4) is 5.75 Å². The van der Waals surface area contributed by atoms with E-state index >= 15 is 0 Å². The van der Waals surface area contributed by atoms with Crippen molar-refractivity contribution >= 4 is 5.97 Å². The first-order valence-electron chi connectivity index (χ1n) is 4.97. The average molecular weight is 224 g/mol. The molecular formula is C12H16O4. The van der Waals surface area contributed by atoms with Gasteiger partial charge in [0.15, 0.2) is 0 Å². The van der Waals surface area contributed by atoms with Crippen LogP contribution in [0.1, 0.15) is 5.56 Å². The van der Waals surface area contributed by atoms with E-state index in [1.165, 1.54) is 14.2 Å². The van der Waals surface area contributed by atoms with Crippen LogP contribution in [-0.2, 0) is 14.3 Å². The Morgan fingerprint density at radius 1 is 1.25 bits per heavy atom. The summed E-state index contributed by atoms with van der Waals surface area (Å²) in [5, 5.41) is 0. The lowest BCUT2D eigenvalue weighted by Gasteiger charge is -2.15. The molecule has 0 bridgehead atoms. The highest BCUT2D eigenvalue weighted by Gasteiger charge is 2.20. The molecule has 1 rings (SSSR count). The summed E-state index contributed by atoms with van der Waals surface area (Å²) in [4.78, 5) is 11.3. The lowest BCUT2D eigenvalue weighted by molar-refractivity contribution is -0.151. The van der Waals surface area contributed by atoms with Gasteiger partial charge in [-0.1, -0.05) is 17.7 Å². The van der Waals surface area contributed by atoms with Gasteiger partial charge in [0.1, 0.15) is 5.75 Å². The number of methoxy groups -OCH3 is 2. The number of benzene rings is 1. The fourth-order valence-electron chi connectivity index (χ4n) is 1.21. The molecule has 0 amide bonds. The van der Waals surface area contributed by atoms with Gasteiger partial charge in [-0.25, -0.2) is 4.79 Å². The molecule has 0 fully saturated rings. The van der Waals surface area contributed by atoms with E-state index < -0.39 is 12.1 Å². The molecule has 1 unspecified atom stereocenters. The van der Waals surface area contributed by atoms with Gasteiger partial charge in [0.05, 0.1) is 13.7 Å². The second kappa shape index (κ2) is 6.12. The molecule has 0 aliphatic heterocycles. The van der Waals surface area contributed by atoms with E-state index in [2.05, 4.69) is 4.74 Å². The smallest absolute Gasteiger partial charge is 0.349 e. The number of rotatable bonds is 5. The average Bonchev–Trinajstić information content (AvgIpc) is 2.30. The van der Waals surface area contributed by atoms with Crippen LogP contribution in [0.25, 0.3) is 0 Å². The number of hydrogen-bond donors (Lipinski definition) is 0. The van der Waals surface area contributed by atoms with E-state index in [1.807, 2.05) is 19.1 Å². The first-order chi connectivity index (χ1) is 7.67. The zero-order valence-corrected chi connectivity index (χ0v) is 9.73. The Labute approximate surface area is 95.1 Å². The summed E-state index contributed by atoms with van der Waals surface area (Å²) >= 11 is 0. The molecule has 0 radical (unpaired) electrons. The standard InChI is InChI=1S/C12H16O4/c1-9-4-6-10(7-5-9)16-11(8-14-2)12(13)15-3/h4-7,11H,8H2,1-3H3. The fraction of sp³-hybridized carbons (Fsp3) is 0.417. The second-order valence-electron chi connectivity index (χ2n) is 3.40. The Balaban J connectivity index is 2.67. The highest BCUT2D eigenvalue weighted by molar-refractivity contribution is 5.75. The monoisotopic (exact) mass is 224 g/mol. The van der Waals surface area contributed by atoms with Crippen LogP contribution in [0.2, 0.25) is 0 Å². The summed E-state index contributed by atoms with van der Waals surface area (Å²) in [6.45, 7) is 2.15. The summed E-state index contributed by atoms with van der Waals surface area (Å²) < 4.78 is 15.0. The van der Waals surface area contributed by atoms with Crippen molar-refractivity contribution in [2.75, 3.05) is 20.8 Å². The number of carbonyl (C=O) groups excluding carboxylic acids is 1. The van der Waals surface area contributed by atoms with Crippen molar-refractivity contribution in [2.45, 2.75) is 13.0 Å². The van der Waals surface area contributed by atoms with Crippen LogP contribution in [0, 0.1) is 6.92 Å². The first kappa shape index (κ1) is 12.5. The van der Waals surface area contributed by atoms with Gasteiger partial charge in [-0.3, -0.25) is 0 Å². The Morgan fingerprint density at radius 2 is 1.88 bits per heavy atom. The number of ether oxygens (including phenoxy) is 3. The van der Waals surface area contributed by atoms with Gasteiger partial charge in [-0.05, 0) is 19.1 Å². The molecule has 1 atom stereocenters. The Morgan fingerprint density at radius 3 is 2.38 bits per heavy atom. The molecule has 4 nitrogen and oxygen atoms in total. The lowest BCUT2D eigenvalue weighted by atomic mass is 10.2. The van der Waals surface area contributed by atoms with E-state index in [0.717, 1.165) is 5.56 Å². The van der Waals surface area contributed by atoms with Crippen LogP contribution in [0.15, 0.2) is 24.3 Å². The third-order valence-corrected chi connectivity index (χ3v) is 2.08. The van der Waals surface area contributed by atoms with E-state index in [1.54, 1.807) is 12.1 Å². The van der Waals surface area contributed by atoms with E-state index in [0.29, 0.717) is 5.75 Å². The van der Waals surface area contributed by atoms with Gasteiger partial charge >= 0.3 is 5.97 Å². The molecule has 0 aliphatic rings. The maximum absolute atomic E-state index is 11.3. The van der Waals surface area contributed by atoms with E-state index in [4.69, 9.17) is 9.47 Å². The van der Waals surface area contributed by atoms with Crippen molar-refractivity contribution < 1.29 is 19.0 Å². The summed E-state index contributed by atoms with van der Waals surface area (Å²) in [6.07, 6.45) is -0.724. The number of hydrogen-bond acceptors (Lipinski definition) is 4. The highest BCUT2D eigenvalue weighted by atomic mass is 16.6. The third-order valence-electron chi connectivity index (χ3n) is 2.08. The van der Waals surface area contributed by atoms with Crippen molar-refractivity contribution in [2.24, 2.45) is 0 Å². The predicted octanol–water partition coefficient (Wildman–Crippen LogP) is 1.56. The summed E-state index contributed by atoms with van der Waals surface area (Å²) in [7, 11) is 2.83. The van der Waals surface area contributed by atoms with Gasteiger partial charge in [0.25, 0.3) is 0 Å². The number of carbonyl (C=O) groups is 1. The van der Waals surface area contributed by atoms with E-state index in [-0.39, 0.29) is 6.61 Å². The zero-order chi connectivity index (χ0) is 12.0. The molecule has 0 saturated carbocycles. The molecule has 0 N–H and O–H groups in total. The minimum Gasteiger partial charge on any atom is -0.476 e. The summed E-state index contributed by atoms with van der Waals surface area (Å²) in [6, 6.07) is 7.44. The molecule has 0 aromatic heterocycles. The highest BCUT2D eigenvalue weighted by Crippen LogP contribution is 2.14. The quantitative estimate of drug-likeness (QED) is 0.712. The first-order valence-corrected chi connectivity index (χ1v) is 4.97. The summed E-state index contributed by atoms with van der Waals surface area (Å²) in [5.41, 5.74) is 1.13. The molecule has 0 heterocycles. The van der Waals surface area contributed by atoms with Gasteiger partial charge < -0.3 is 14.2 Å². The molecule has 0 saturated heterocycles. The minimum absolute atomic E-state index is 0.167. The van der Waals surface area contributed by atoms with Crippen LogP contribution in [0.4, 0.5) is 0 Å². The molecule has 16 heavy (non-hydrogen) atoms. The Kier molecular flexibility index (Phi) is 4.79. The van der Waals surface area contributed by atoms with Gasteiger partial charge in [-0.15, -0.1) is 0 Å². The van der Waals surface area contributed by atoms with E-state index in [9.17, 15) is 4.79 Å². The number of esters is 1. The Bertz CT molecular complexity index is 331. The minimum atomic E-state index is -0.724. The zero-order valence-electron chi connectivity index (χ0n) is 9.73. The van der Waals surface area contributed by atoms with Crippen LogP contribution in [0.5, 0.6) is 5.75 Å². The topological polar surface area (TPSA) is 44.8 Å². The van der Waals surface area contributed by atoms with Crippen molar-refractivity contribution in [3.63, 3.8) is 0 Å². The van der Waals surface area contributed by atoms with Gasteiger partial charge in [0.2, 0.25) is 6.10 Å². The van der Waals surface area contributed by atoms with Crippen molar-refractivity contribution in [3.05, 3.63) is 29.8 Å². The molecule has 0 aliphatic carbocycles. The molecule has 1 aromatic carbocycles. The SMILES string of the molecule is COCC(Oc1ccc(C)cc1)C(=O)OC. The van der Waals surface area contributed by atoms with Gasteiger partial charge in [-0.2, -0.15) is 0 Å². The third kappa shape index (κ3) is 3.55. The number of aryl methyl sites for hydroxylation is 1. The van der Waals surface area contributed by atoms with Crippen LogP contribution < -0.4 is 4.74 Å². The van der Waals surface area contributed by atoms with Crippen molar-refractivity contribution in [1.29, 1.82) is 0 Å². The molecule has 4 heteroatoms. The summed E-state index contributed by atoms with van der Waals surface area (Å²) in [5.74, 6) is 0.181. The van der Waals surface area contributed by atoms with Gasteiger partial charge in [0, 0.05) is 7.11 Å². The molecular weight excluding hydrogens is 208 g/mol. The molecule has 1 aromatic rings. The largest absolute Gasteiger partial charge is 0.476 e. The Hall–Kier alpha value is -1.55. The van der Waals surface area contributed by atoms with Crippen LogP contribution >= 0.6 is 0 Å². The predicted molar refractivity (Wildman–Crippen MR) is 59.5 cm³/mol. The van der Waals surface area contributed by atoms with Crippen LogP contribution in [-0.4, -0.2) is 32.9 Å². The normalized spacial score (nSPS) is 11.9. The lowest BCUT2D eigenvalue weighted by Crippen LogP contribution is -2.32. The maximum Gasteiger partial charge on any atom is 0.349 e. The molecule has 88 valence electrons. The fourth-order valence-corrected chi connectivity index (χ4v) is 1.21.